The first-order valence-electron chi connectivity index (χ1n) is 5.31. The number of ether oxygens (including phenoxy) is 1. The van der Waals surface area contributed by atoms with Gasteiger partial charge in [0, 0.05) is 19.0 Å². The number of hydrogen-bond donors (Lipinski definition) is 3. The highest BCUT2D eigenvalue weighted by Gasteiger charge is 2.12. The summed E-state index contributed by atoms with van der Waals surface area (Å²) in [6.07, 6.45) is 0.299. The predicted octanol–water partition coefficient (Wildman–Crippen LogP) is -1.02. The Hall–Kier alpha value is -1.14. The topological polar surface area (TPSA) is 107 Å². The summed E-state index contributed by atoms with van der Waals surface area (Å²) in [4.78, 5) is 21.6. The molecule has 0 saturated carbocycles. The van der Waals surface area contributed by atoms with Crippen LogP contribution >= 0.6 is 0 Å². The van der Waals surface area contributed by atoms with E-state index in [1.807, 2.05) is 13.8 Å². The smallest absolute Gasteiger partial charge is 0.243 e. The lowest BCUT2D eigenvalue weighted by Crippen LogP contribution is -2.36. The zero-order chi connectivity index (χ0) is 12.6. The Balaban J connectivity index is 3.47. The fraction of sp³-hybridized carbons (Fsp3) is 0.800. The highest BCUT2D eigenvalue weighted by atomic mass is 16.5. The summed E-state index contributed by atoms with van der Waals surface area (Å²) in [5, 5.41) is 2.65. The first kappa shape index (κ1) is 14.9. The Labute approximate surface area is 95.7 Å². The molecular weight excluding hydrogens is 210 g/mol. The van der Waals surface area contributed by atoms with Crippen LogP contribution in [0.25, 0.3) is 0 Å². The van der Waals surface area contributed by atoms with Gasteiger partial charge in [0.2, 0.25) is 11.8 Å². The van der Waals surface area contributed by atoms with Crippen LogP contribution in [0, 0.1) is 5.92 Å². The van der Waals surface area contributed by atoms with Gasteiger partial charge < -0.3 is 21.5 Å². The Kier molecular flexibility index (Phi) is 7.49. The van der Waals surface area contributed by atoms with Crippen molar-refractivity contribution >= 4 is 11.8 Å². The van der Waals surface area contributed by atoms with Crippen molar-refractivity contribution in [1.29, 1.82) is 0 Å². The molecule has 0 aliphatic rings. The van der Waals surface area contributed by atoms with Crippen LogP contribution in [-0.2, 0) is 14.3 Å². The quantitative estimate of drug-likeness (QED) is 0.464. The molecule has 0 saturated heterocycles. The number of carbonyl (C=O) groups is 2. The summed E-state index contributed by atoms with van der Waals surface area (Å²) >= 11 is 0. The van der Waals surface area contributed by atoms with E-state index in [2.05, 4.69) is 5.32 Å². The largest absolute Gasteiger partial charge is 0.370 e. The first-order chi connectivity index (χ1) is 7.43. The number of hydrogen-bond acceptors (Lipinski definition) is 4. The summed E-state index contributed by atoms with van der Waals surface area (Å²) in [6.45, 7) is 4.44. The monoisotopic (exact) mass is 231 g/mol. The second kappa shape index (κ2) is 8.06. The molecule has 0 aromatic heterocycles. The molecule has 0 rings (SSSR count). The highest BCUT2D eigenvalue weighted by molar-refractivity contribution is 5.76. The van der Waals surface area contributed by atoms with E-state index in [0.717, 1.165) is 0 Å². The van der Waals surface area contributed by atoms with Gasteiger partial charge in [-0.3, -0.25) is 9.59 Å². The van der Waals surface area contributed by atoms with Crippen molar-refractivity contribution in [1.82, 2.24) is 5.32 Å². The van der Waals surface area contributed by atoms with Gasteiger partial charge >= 0.3 is 0 Å². The minimum atomic E-state index is -0.520. The van der Waals surface area contributed by atoms with E-state index in [4.69, 9.17) is 16.2 Å². The summed E-state index contributed by atoms with van der Waals surface area (Å²) in [6, 6.07) is -0.133. The molecule has 0 aromatic rings. The number of primary amides is 1. The van der Waals surface area contributed by atoms with Crippen molar-refractivity contribution in [2.24, 2.45) is 17.4 Å². The average Bonchev–Trinajstić information content (AvgIpc) is 2.16. The van der Waals surface area contributed by atoms with Gasteiger partial charge in [-0.2, -0.15) is 0 Å². The Morgan fingerprint density at radius 1 is 1.38 bits per heavy atom. The normalized spacial score (nSPS) is 12.5. The van der Waals surface area contributed by atoms with E-state index in [-0.39, 0.29) is 31.1 Å². The molecule has 16 heavy (non-hydrogen) atoms. The van der Waals surface area contributed by atoms with E-state index in [1.54, 1.807) is 0 Å². The van der Waals surface area contributed by atoms with Gasteiger partial charge in [0.1, 0.15) is 6.61 Å². The molecule has 0 aromatic carbocycles. The summed E-state index contributed by atoms with van der Waals surface area (Å²) < 4.78 is 4.88. The fourth-order valence-corrected chi connectivity index (χ4v) is 0.957. The number of nitrogens with one attached hydrogen (secondary N) is 1. The van der Waals surface area contributed by atoms with Crippen molar-refractivity contribution in [3.8, 4) is 0 Å². The van der Waals surface area contributed by atoms with Crippen LogP contribution in [0.1, 0.15) is 20.3 Å². The third kappa shape index (κ3) is 8.19. The van der Waals surface area contributed by atoms with E-state index < -0.39 is 5.91 Å². The lowest BCUT2D eigenvalue weighted by Gasteiger charge is -2.14. The van der Waals surface area contributed by atoms with E-state index >= 15 is 0 Å². The number of nitrogens with two attached hydrogens (primary N) is 2. The molecule has 0 radical (unpaired) electrons. The van der Waals surface area contributed by atoms with E-state index in [9.17, 15) is 9.59 Å². The molecule has 6 heteroatoms. The first-order valence-corrected chi connectivity index (χ1v) is 5.31. The molecule has 1 atom stereocenters. The highest BCUT2D eigenvalue weighted by Crippen LogP contribution is 2.01. The Morgan fingerprint density at radius 2 is 2.00 bits per heavy atom. The third-order valence-electron chi connectivity index (χ3n) is 2.09. The summed E-state index contributed by atoms with van der Waals surface area (Å²) in [7, 11) is 0. The lowest BCUT2D eigenvalue weighted by atomic mass is 10.0. The second-order valence-electron chi connectivity index (χ2n) is 3.98. The van der Waals surface area contributed by atoms with Crippen LogP contribution < -0.4 is 16.8 Å². The average molecular weight is 231 g/mol. The lowest BCUT2D eigenvalue weighted by molar-refractivity contribution is -0.122. The predicted molar refractivity (Wildman–Crippen MR) is 60.5 cm³/mol. The van der Waals surface area contributed by atoms with E-state index in [0.29, 0.717) is 13.0 Å². The van der Waals surface area contributed by atoms with Crippen LogP contribution in [0.4, 0.5) is 0 Å². The van der Waals surface area contributed by atoms with Crippen molar-refractivity contribution in [3.63, 3.8) is 0 Å². The third-order valence-corrected chi connectivity index (χ3v) is 2.09. The van der Waals surface area contributed by atoms with Crippen LogP contribution in [0.3, 0.4) is 0 Å². The zero-order valence-electron chi connectivity index (χ0n) is 9.86. The van der Waals surface area contributed by atoms with Gasteiger partial charge in [0.15, 0.2) is 0 Å². The van der Waals surface area contributed by atoms with Gasteiger partial charge in [-0.1, -0.05) is 13.8 Å². The van der Waals surface area contributed by atoms with Crippen LogP contribution in [0.2, 0.25) is 0 Å². The van der Waals surface area contributed by atoms with Gasteiger partial charge in [-0.15, -0.1) is 0 Å². The van der Waals surface area contributed by atoms with Crippen LogP contribution in [-0.4, -0.2) is 37.6 Å². The molecule has 1 unspecified atom stereocenters. The molecule has 94 valence electrons. The maximum atomic E-state index is 11.3. The fourth-order valence-electron chi connectivity index (χ4n) is 0.957. The Bertz CT molecular complexity index is 231. The Morgan fingerprint density at radius 3 is 2.50 bits per heavy atom. The molecule has 0 aliphatic carbocycles. The molecule has 0 aliphatic heterocycles. The van der Waals surface area contributed by atoms with Crippen molar-refractivity contribution < 1.29 is 14.3 Å². The van der Waals surface area contributed by atoms with Gasteiger partial charge in [-0.05, 0) is 5.92 Å². The van der Waals surface area contributed by atoms with Crippen molar-refractivity contribution in [2.45, 2.75) is 26.3 Å². The van der Waals surface area contributed by atoms with E-state index in [1.165, 1.54) is 0 Å². The van der Waals surface area contributed by atoms with Gasteiger partial charge in [0.25, 0.3) is 0 Å². The standard InChI is InChI=1S/C10H21N3O3/c1-7(2)8(11)5-10(15)13-3-4-16-6-9(12)14/h7-8H,3-6,11H2,1-2H3,(H2,12,14)(H,13,15). The van der Waals surface area contributed by atoms with Gasteiger partial charge in [0.05, 0.1) is 6.61 Å². The zero-order valence-corrected chi connectivity index (χ0v) is 9.86. The van der Waals surface area contributed by atoms with Crippen LogP contribution in [0.15, 0.2) is 0 Å². The van der Waals surface area contributed by atoms with Gasteiger partial charge in [-0.25, -0.2) is 0 Å². The van der Waals surface area contributed by atoms with Crippen molar-refractivity contribution in [3.05, 3.63) is 0 Å². The maximum Gasteiger partial charge on any atom is 0.243 e. The number of carbonyl (C=O) groups excluding carboxylic acids is 2. The SMILES string of the molecule is CC(C)C(N)CC(=O)NCCOCC(N)=O. The molecule has 0 heterocycles. The maximum absolute atomic E-state index is 11.3. The number of rotatable bonds is 8. The molecular formula is C10H21N3O3. The minimum absolute atomic E-state index is 0.108. The summed E-state index contributed by atoms with van der Waals surface area (Å²) in [5.41, 5.74) is 10.6. The number of amides is 2. The molecule has 5 N–H and O–H groups in total. The summed E-state index contributed by atoms with van der Waals surface area (Å²) in [5.74, 6) is -0.353. The molecule has 6 nitrogen and oxygen atoms in total. The second-order valence-corrected chi connectivity index (χ2v) is 3.98. The molecule has 0 bridgehead atoms. The van der Waals surface area contributed by atoms with Crippen molar-refractivity contribution in [2.75, 3.05) is 19.8 Å². The molecule has 2 amide bonds. The molecule has 0 fully saturated rings. The minimum Gasteiger partial charge on any atom is -0.370 e. The molecule has 0 spiro atoms. The van der Waals surface area contributed by atoms with Crippen LogP contribution in [0.5, 0.6) is 0 Å².